The lowest BCUT2D eigenvalue weighted by Gasteiger charge is -2.22. The molecule has 2 aromatic rings. The molecule has 0 aromatic heterocycles. The third kappa shape index (κ3) is 6.98. The van der Waals surface area contributed by atoms with Gasteiger partial charge in [-0.3, -0.25) is 0 Å². The Morgan fingerprint density at radius 1 is 1.21 bits per heavy atom. The van der Waals surface area contributed by atoms with E-state index in [1.54, 1.807) is 0 Å². The van der Waals surface area contributed by atoms with Gasteiger partial charge in [-0.05, 0) is 49.4 Å². The van der Waals surface area contributed by atoms with E-state index >= 15 is 0 Å². The molecule has 0 amide bonds. The van der Waals surface area contributed by atoms with Gasteiger partial charge in [-0.25, -0.2) is 0 Å². The van der Waals surface area contributed by atoms with Crippen molar-refractivity contribution >= 4 is 5.70 Å². The second-order valence-electron chi connectivity index (χ2n) is 7.42. The SMILES string of the molecule is Cc1cc(C#CCNCc2ccccc2)ccc1/C(N)=C/NCC1CCCCO1. The van der Waals surface area contributed by atoms with E-state index in [9.17, 15) is 0 Å². The molecule has 0 saturated carbocycles. The number of hydrogen-bond donors (Lipinski definition) is 3. The molecule has 0 aliphatic carbocycles. The number of nitrogens with one attached hydrogen (secondary N) is 2. The van der Waals surface area contributed by atoms with Crippen molar-refractivity contribution in [3.63, 3.8) is 0 Å². The quantitative estimate of drug-likeness (QED) is 0.501. The van der Waals surface area contributed by atoms with Crippen molar-refractivity contribution in [1.29, 1.82) is 0 Å². The molecule has 29 heavy (non-hydrogen) atoms. The zero-order valence-corrected chi connectivity index (χ0v) is 17.2. The molecule has 1 heterocycles. The summed E-state index contributed by atoms with van der Waals surface area (Å²) in [5, 5.41) is 6.65. The lowest BCUT2D eigenvalue weighted by atomic mass is 10.0. The maximum Gasteiger partial charge on any atom is 0.0747 e. The minimum atomic E-state index is 0.294. The Kier molecular flexibility index (Phi) is 8.18. The van der Waals surface area contributed by atoms with Crippen molar-refractivity contribution in [2.45, 2.75) is 38.8 Å². The largest absolute Gasteiger partial charge is 0.397 e. The molecule has 1 atom stereocenters. The molecule has 0 bridgehead atoms. The average molecular weight is 390 g/mol. The van der Waals surface area contributed by atoms with Crippen molar-refractivity contribution in [3.05, 3.63) is 77.0 Å². The summed E-state index contributed by atoms with van der Waals surface area (Å²) in [6.45, 7) is 5.23. The molecule has 4 N–H and O–H groups in total. The van der Waals surface area contributed by atoms with Crippen molar-refractivity contribution in [3.8, 4) is 11.8 Å². The van der Waals surface area contributed by atoms with Gasteiger partial charge >= 0.3 is 0 Å². The maximum absolute atomic E-state index is 6.27. The first-order chi connectivity index (χ1) is 14.2. The van der Waals surface area contributed by atoms with Crippen LogP contribution in [0.3, 0.4) is 0 Å². The van der Waals surface area contributed by atoms with Crippen LogP contribution >= 0.6 is 0 Å². The van der Waals surface area contributed by atoms with Crippen molar-refractivity contribution in [2.75, 3.05) is 19.7 Å². The summed E-state index contributed by atoms with van der Waals surface area (Å²) < 4.78 is 5.73. The normalized spacial score (nSPS) is 16.7. The van der Waals surface area contributed by atoms with Crippen LogP contribution in [0.4, 0.5) is 0 Å². The molecule has 2 aromatic carbocycles. The zero-order valence-electron chi connectivity index (χ0n) is 17.2. The molecule has 0 spiro atoms. The van der Waals surface area contributed by atoms with Gasteiger partial charge in [0.25, 0.3) is 0 Å². The van der Waals surface area contributed by atoms with Crippen LogP contribution < -0.4 is 16.4 Å². The highest BCUT2D eigenvalue weighted by molar-refractivity contribution is 5.66. The summed E-state index contributed by atoms with van der Waals surface area (Å²) >= 11 is 0. The predicted octanol–water partition coefficient (Wildman–Crippen LogP) is 3.55. The lowest BCUT2D eigenvalue weighted by molar-refractivity contribution is 0.0188. The molecule has 1 aliphatic heterocycles. The van der Waals surface area contributed by atoms with E-state index in [-0.39, 0.29) is 0 Å². The molecule has 0 radical (unpaired) electrons. The molecule has 1 saturated heterocycles. The number of ether oxygens (including phenoxy) is 1. The Balaban J connectivity index is 1.48. The van der Waals surface area contributed by atoms with Crippen LogP contribution in [0.15, 0.2) is 54.7 Å². The summed E-state index contributed by atoms with van der Waals surface area (Å²) in [5.74, 6) is 6.40. The summed E-state index contributed by atoms with van der Waals surface area (Å²) in [4.78, 5) is 0. The highest BCUT2D eigenvalue weighted by Gasteiger charge is 2.12. The lowest BCUT2D eigenvalue weighted by Crippen LogP contribution is -2.29. The first kappa shape index (κ1) is 21.0. The Morgan fingerprint density at radius 2 is 2.07 bits per heavy atom. The summed E-state index contributed by atoms with van der Waals surface area (Å²) in [6, 6.07) is 16.5. The van der Waals surface area contributed by atoms with Crippen LogP contribution in [0.1, 0.15) is 41.5 Å². The predicted molar refractivity (Wildman–Crippen MR) is 120 cm³/mol. The first-order valence-electron chi connectivity index (χ1n) is 10.4. The first-order valence-corrected chi connectivity index (χ1v) is 10.4. The van der Waals surface area contributed by atoms with Crippen LogP contribution in [0.5, 0.6) is 0 Å². The van der Waals surface area contributed by atoms with Crippen molar-refractivity contribution in [2.24, 2.45) is 5.73 Å². The molecule has 4 heteroatoms. The van der Waals surface area contributed by atoms with Gasteiger partial charge in [0.2, 0.25) is 0 Å². The molecule has 1 aliphatic rings. The number of nitrogens with two attached hydrogens (primary N) is 1. The topological polar surface area (TPSA) is 59.3 Å². The van der Waals surface area contributed by atoms with Crippen molar-refractivity contribution in [1.82, 2.24) is 10.6 Å². The standard InChI is InChI=1S/C25H31N3O/c1-20-16-21(10-7-14-27-17-22-8-3-2-4-9-22)12-13-24(20)25(26)19-28-18-23-11-5-6-15-29-23/h2-4,8-9,12-13,16,19,23,27-28H,5-6,11,14-15,17-18,26H2,1H3/b25-19-. The van der Waals surface area contributed by atoms with Gasteiger partial charge in [-0.1, -0.05) is 48.2 Å². The van der Waals surface area contributed by atoms with Crippen molar-refractivity contribution < 1.29 is 4.74 Å². The Labute approximate surface area is 174 Å². The summed E-state index contributed by atoms with van der Waals surface area (Å²) in [5.41, 5.74) is 11.4. The molecular weight excluding hydrogens is 358 g/mol. The molecule has 1 unspecified atom stereocenters. The number of aryl methyl sites for hydroxylation is 1. The van der Waals surface area contributed by atoms with Gasteiger partial charge in [-0.2, -0.15) is 0 Å². The number of rotatable bonds is 7. The van der Waals surface area contributed by atoms with Crippen LogP contribution in [0, 0.1) is 18.8 Å². The molecule has 152 valence electrons. The second kappa shape index (κ2) is 11.3. The van der Waals surface area contributed by atoms with E-state index in [0.717, 1.165) is 48.5 Å². The Bertz CT molecular complexity index is 859. The van der Waals surface area contributed by atoms with E-state index in [0.29, 0.717) is 12.6 Å². The average Bonchev–Trinajstić information content (AvgIpc) is 2.75. The van der Waals surface area contributed by atoms with E-state index < -0.39 is 0 Å². The summed E-state index contributed by atoms with van der Waals surface area (Å²) in [6.07, 6.45) is 5.72. The third-order valence-electron chi connectivity index (χ3n) is 5.03. The summed E-state index contributed by atoms with van der Waals surface area (Å²) in [7, 11) is 0. The fourth-order valence-electron chi connectivity index (χ4n) is 3.42. The highest BCUT2D eigenvalue weighted by atomic mass is 16.5. The maximum atomic E-state index is 6.27. The Hall–Kier alpha value is -2.74. The number of benzene rings is 2. The van der Waals surface area contributed by atoms with Gasteiger partial charge < -0.3 is 21.1 Å². The van der Waals surface area contributed by atoms with Crippen LogP contribution in [0.2, 0.25) is 0 Å². The van der Waals surface area contributed by atoms with Gasteiger partial charge in [-0.15, -0.1) is 0 Å². The van der Waals surface area contributed by atoms with Gasteiger partial charge in [0.05, 0.1) is 18.3 Å². The fourth-order valence-corrected chi connectivity index (χ4v) is 3.42. The van der Waals surface area contributed by atoms with E-state index in [1.165, 1.54) is 18.4 Å². The fraction of sp³-hybridized carbons (Fsp3) is 0.360. The van der Waals surface area contributed by atoms with Crippen LogP contribution in [-0.2, 0) is 11.3 Å². The Morgan fingerprint density at radius 3 is 2.83 bits per heavy atom. The van der Waals surface area contributed by atoms with Crippen LogP contribution in [0.25, 0.3) is 5.70 Å². The van der Waals surface area contributed by atoms with Gasteiger partial charge in [0, 0.05) is 37.0 Å². The van der Waals surface area contributed by atoms with E-state index in [2.05, 4.69) is 47.6 Å². The minimum absolute atomic E-state index is 0.294. The zero-order chi connectivity index (χ0) is 20.3. The van der Waals surface area contributed by atoms with Gasteiger partial charge in [0.1, 0.15) is 0 Å². The van der Waals surface area contributed by atoms with E-state index in [1.807, 2.05) is 36.5 Å². The second-order valence-corrected chi connectivity index (χ2v) is 7.42. The minimum Gasteiger partial charge on any atom is -0.397 e. The van der Waals surface area contributed by atoms with Crippen LogP contribution in [-0.4, -0.2) is 25.8 Å². The monoisotopic (exact) mass is 389 g/mol. The molecule has 3 rings (SSSR count). The van der Waals surface area contributed by atoms with Gasteiger partial charge in [0.15, 0.2) is 0 Å². The smallest absolute Gasteiger partial charge is 0.0747 e. The highest BCUT2D eigenvalue weighted by Crippen LogP contribution is 2.16. The van der Waals surface area contributed by atoms with E-state index in [4.69, 9.17) is 10.5 Å². The molecule has 4 nitrogen and oxygen atoms in total. The number of hydrogen-bond acceptors (Lipinski definition) is 4. The molecule has 1 fully saturated rings. The molecular formula is C25H31N3O. The third-order valence-corrected chi connectivity index (χ3v) is 5.03.